The Labute approximate surface area is 207 Å². The largest absolute Gasteiger partial charge is 0.378 e. The fraction of sp³-hybridized carbons (Fsp3) is 0.560. The lowest BCUT2D eigenvalue weighted by Crippen LogP contribution is -2.53. The second kappa shape index (κ2) is 9.41. The molecule has 2 amide bonds. The second-order valence-corrected chi connectivity index (χ2v) is 10.7. The summed E-state index contributed by atoms with van der Waals surface area (Å²) >= 11 is 6.08. The summed E-state index contributed by atoms with van der Waals surface area (Å²) in [5.41, 5.74) is 0.682. The fourth-order valence-electron chi connectivity index (χ4n) is 5.08. The van der Waals surface area contributed by atoms with Crippen LogP contribution in [0, 0.1) is 29.0 Å². The molecule has 1 aromatic heterocycles. The Hall–Kier alpha value is -2.67. The van der Waals surface area contributed by atoms with Crippen molar-refractivity contribution in [2.45, 2.75) is 75.2 Å². The number of aliphatic hydroxyl groups is 1. The molecule has 8 nitrogen and oxygen atoms in total. The highest BCUT2D eigenvalue weighted by molar-refractivity contribution is 6.35. The van der Waals surface area contributed by atoms with Gasteiger partial charge in [-0.25, -0.2) is 4.39 Å². The predicted molar refractivity (Wildman–Crippen MR) is 128 cm³/mol. The third kappa shape index (κ3) is 5.45. The van der Waals surface area contributed by atoms with E-state index in [0.717, 1.165) is 44.6 Å². The summed E-state index contributed by atoms with van der Waals surface area (Å²) in [6.07, 6.45) is 5.98. The molecular formula is C25H29ClFN5O3. The molecule has 35 heavy (non-hydrogen) atoms. The monoisotopic (exact) mass is 501 g/mol. The average Bonchev–Trinajstić information content (AvgIpc) is 3.73. The van der Waals surface area contributed by atoms with Gasteiger partial charge in [0.15, 0.2) is 0 Å². The molecule has 1 aromatic carbocycles. The zero-order valence-electron chi connectivity index (χ0n) is 19.2. The maximum atomic E-state index is 13.7. The molecule has 2 saturated carbocycles. The topological polar surface area (TPSA) is 130 Å². The Kier molecular flexibility index (Phi) is 6.47. The van der Waals surface area contributed by atoms with Crippen molar-refractivity contribution in [2.24, 2.45) is 11.8 Å². The van der Waals surface area contributed by atoms with Crippen molar-refractivity contribution in [1.29, 1.82) is 5.26 Å². The van der Waals surface area contributed by atoms with E-state index in [1.54, 1.807) is 0 Å². The van der Waals surface area contributed by atoms with Crippen molar-refractivity contribution in [3.63, 3.8) is 0 Å². The number of carbonyl (C=O) groups excluding carboxylic acids is 2. The van der Waals surface area contributed by atoms with Crippen LogP contribution >= 0.6 is 11.6 Å². The number of nitrogens with one attached hydrogen (secondary N) is 4. The molecule has 3 fully saturated rings. The minimum atomic E-state index is -0.811. The van der Waals surface area contributed by atoms with Crippen LogP contribution in [0.2, 0.25) is 5.02 Å². The molecule has 1 spiro atoms. The van der Waals surface area contributed by atoms with Gasteiger partial charge in [-0.1, -0.05) is 24.4 Å². The first kappa shape index (κ1) is 24.0. The zero-order chi connectivity index (χ0) is 24.7. The molecule has 5 N–H and O–H groups in total. The molecule has 5 rings (SSSR count). The molecule has 0 radical (unpaired) electrons. The van der Waals surface area contributed by atoms with E-state index in [1.165, 1.54) is 12.1 Å². The third-order valence-electron chi connectivity index (χ3n) is 7.54. The SMILES string of the molecule is N#CC(CC1CCC2(CC2)NC1O)NC(=O)C(CC1CC1)NC(=O)c1cc2cc(F)cc(Cl)c2[nH]1. The van der Waals surface area contributed by atoms with Crippen molar-refractivity contribution >= 4 is 34.3 Å². The summed E-state index contributed by atoms with van der Waals surface area (Å²) in [5, 5.41) is 29.6. The van der Waals surface area contributed by atoms with Gasteiger partial charge in [0.1, 0.15) is 29.8 Å². The number of rotatable bonds is 8. The van der Waals surface area contributed by atoms with Crippen LogP contribution < -0.4 is 16.0 Å². The smallest absolute Gasteiger partial charge is 0.268 e. The van der Waals surface area contributed by atoms with Crippen LogP contribution in [-0.4, -0.2) is 45.8 Å². The van der Waals surface area contributed by atoms with Gasteiger partial charge in [0, 0.05) is 16.8 Å². The average molecular weight is 502 g/mol. The van der Waals surface area contributed by atoms with E-state index in [1.807, 2.05) is 0 Å². The number of carbonyl (C=O) groups is 2. The van der Waals surface area contributed by atoms with Crippen molar-refractivity contribution in [3.8, 4) is 6.07 Å². The van der Waals surface area contributed by atoms with Crippen LogP contribution in [0.15, 0.2) is 18.2 Å². The van der Waals surface area contributed by atoms with Crippen LogP contribution in [0.3, 0.4) is 0 Å². The summed E-state index contributed by atoms with van der Waals surface area (Å²) in [4.78, 5) is 29.0. The maximum Gasteiger partial charge on any atom is 0.268 e. The number of H-pyrrole nitrogens is 1. The van der Waals surface area contributed by atoms with Crippen LogP contribution in [-0.2, 0) is 4.79 Å². The van der Waals surface area contributed by atoms with E-state index < -0.39 is 35.9 Å². The van der Waals surface area contributed by atoms with E-state index in [-0.39, 0.29) is 22.2 Å². The number of piperidine rings is 1. The Morgan fingerprint density at radius 2 is 1.97 bits per heavy atom. The first-order chi connectivity index (χ1) is 16.7. The standard InChI is InChI=1S/C25H29ClFN5O3/c26-18-11-16(27)8-15-10-20(30-21(15)18)24(35)31-19(7-13-1-2-13)23(34)29-17(12-28)9-14-3-4-25(5-6-25)32-22(14)33/h8,10-11,13-14,17,19,22,30,32-33H,1-7,9H2,(H,29,34)(H,31,35). The summed E-state index contributed by atoms with van der Waals surface area (Å²) in [6, 6.07) is 4.49. The molecular weight excluding hydrogens is 473 g/mol. The van der Waals surface area contributed by atoms with Crippen molar-refractivity contribution in [1.82, 2.24) is 20.9 Å². The van der Waals surface area contributed by atoms with Gasteiger partial charge in [0.25, 0.3) is 5.91 Å². The Morgan fingerprint density at radius 1 is 1.20 bits per heavy atom. The van der Waals surface area contributed by atoms with Crippen LogP contribution in [0.1, 0.15) is 61.9 Å². The quantitative estimate of drug-likeness (QED) is 0.379. The summed E-state index contributed by atoms with van der Waals surface area (Å²) in [7, 11) is 0. The Morgan fingerprint density at radius 3 is 2.63 bits per heavy atom. The lowest BCUT2D eigenvalue weighted by Gasteiger charge is -2.35. The van der Waals surface area contributed by atoms with Crippen molar-refractivity contribution in [2.75, 3.05) is 0 Å². The van der Waals surface area contributed by atoms with E-state index in [2.05, 4.69) is 27.0 Å². The van der Waals surface area contributed by atoms with Crippen LogP contribution in [0.5, 0.6) is 0 Å². The maximum absolute atomic E-state index is 13.7. The molecule has 2 heterocycles. The van der Waals surface area contributed by atoms with E-state index in [9.17, 15) is 24.3 Å². The number of halogens is 2. The third-order valence-corrected chi connectivity index (χ3v) is 7.83. The minimum Gasteiger partial charge on any atom is -0.378 e. The minimum absolute atomic E-state index is 0.0690. The number of hydrogen-bond donors (Lipinski definition) is 5. The number of amides is 2. The zero-order valence-corrected chi connectivity index (χ0v) is 20.0. The Bertz CT molecular complexity index is 1190. The molecule has 4 unspecified atom stereocenters. The van der Waals surface area contributed by atoms with Crippen molar-refractivity contribution in [3.05, 3.63) is 34.7 Å². The predicted octanol–water partition coefficient (Wildman–Crippen LogP) is 3.11. The number of aromatic nitrogens is 1. The molecule has 10 heteroatoms. The molecule has 2 aromatic rings. The van der Waals surface area contributed by atoms with Crippen LogP contribution in [0.25, 0.3) is 10.9 Å². The molecule has 0 bridgehead atoms. The van der Waals surface area contributed by atoms with E-state index in [4.69, 9.17) is 11.6 Å². The van der Waals surface area contributed by atoms with Gasteiger partial charge in [-0.15, -0.1) is 0 Å². The number of nitrogens with zero attached hydrogens (tertiary/aromatic N) is 1. The van der Waals surface area contributed by atoms with Gasteiger partial charge in [-0.2, -0.15) is 5.26 Å². The van der Waals surface area contributed by atoms with Crippen LogP contribution in [0.4, 0.5) is 4.39 Å². The fourth-order valence-corrected chi connectivity index (χ4v) is 5.34. The molecule has 1 aliphatic heterocycles. The van der Waals surface area contributed by atoms with Gasteiger partial charge < -0.3 is 20.7 Å². The second-order valence-electron chi connectivity index (χ2n) is 10.3. The van der Waals surface area contributed by atoms with Crippen molar-refractivity contribution < 1.29 is 19.1 Å². The molecule has 1 saturated heterocycles. The van der Waals surface area contributed by atoms with Gasteiger partial charge in [-0.3, -0.25) is 14.9 Å². The summed E-state index contributed by atoms with van der Waals surface area (Å²) < 4.78 is 13.7. The van der Waals surface area contributed by atoms with Gasteiger partial charge in [0.05, 0.1) is 16.6 Å². The summed E-state index contributed by atoms with van der Waals surface area (Å²) in [5.74, 6) is -1.22. The molecule has 186 valence electrons. The Balaban J connectivity index is 1.23. The molecule has 2 aliphatic carbocycles. The number of aromatic amines is 1. The highest BCUT2D eigenvalue weighted by atomic mass is 35.5. The lowest BCUT2D eigenvalue weighted by atomic mass is 9.87. The number of nitriles is 1. The first-order valence-electron chi connectivity index (χ1n) is 12.2. The highest BCUT2D eigenvalue weighted by Gasteiger charge is 2.48. The highest BCUT2D eigenvalue weighted by Crippen LogP contribution is 2.45. The van der Waals surface area contributed by atoms with E-state index >= 15 is 0 Å². The van der Waals surface area contributed by atoms with E-state index in [0.29, 0.717) is 29.7 Å². The van der Waals surface area contributed by atoms with Gasteiger partial charge in [-0.05, 0) is 62.6 Å². The first-order valence-corrected chi connectivity index (χ1v) is 12.6. The number of hydrogen-bond acceptors (Lipinski definition) is 5. The number of benzene rings is 1. The lowest BCUT2D eigenvalue weighted by molar-refractivity contribution is -0.123. The summed E-state index contributed by atoms with van der Waals surface area (Å²) in [6.45, 7) is 0. The van der Waals surface area contributed by atoms with Gasteiger partial charge in [0.2, 0.25) is 5.91 Å². The molecule has 3 aliphatic rings. The number of fused-ring (bicyclic) bond motifs is 1. The molecule has 4 atom stereocenters. The number of aliphatic hydroxyl groups excluding tert-OH is 1. The van der Waals surface area contributed by atoms with Gasteiger partial charge >= 0.3 is 0 Å². The normalized spacial score (nSPS) is 24.5.